The number of aliphatic hydroxyl groups excluding tert-OH is 1. The minimum absolute atomic E-state index is 0.0213. The number of fused-ring (bicyclic) bond motifs is 5. The van der Waals surface area contributed by atoms with Crippen molar-refractivity contribution >= 4 is 18.4 Å². The average Bonchev–Trinajstić information content (AvgIpc) is 2.82. The van der Waals surface area contributed by atoms with E-state index in [1.165, 1.54) is 37.7 Å². The second-order valence-corrected chi connectivity index (χ2v) is 9.58. The number of thiol groups is 1. The fourth-order valence-electron chi connectivity index (χ4n) is 7.10. The van der Waals surface area contributed by atoms with Gasteiger partial charge in [0.15, 0.2) is 5.78 Å². The lowest BCUT2D eigenvalue weighted by atomic mass is 9.47. The van der Waals surface area contributed by atoms with Gasteiger partial charge in [0, 0.05) is 11.2 Å². The van der Waals surface area contributed by atoms with Crippen molar-refractivity contribution in [2.75, 3.05) is 5.75 Å². The first-order valence-electron chi connectivity index (χ1n) is 9.43. The molecule has 0 aromatic rings. The Labute approximate surface area is 145 Å². The highest BCUT2D eigenvalue weighted by Crippen LogP contribution is 2.66. The summed E-state index contributed by atoms with van der Waals surface area (Å²) in [6, 6.07) is 0. The number of allylic oxidation sites excluding steroid dienone is 1. The van der Waals surface area contributed by atoms with Gasteiger partial charge in [0.05, 0.1) is 0 Å². The maximum Gasteiger partial charge on any atom is 0.184 e. The Morgan fingerprint density at radius 1 is 1.30 bits per heavy atom. The van der Waals surface area contributed by atoms with Crippen molar-refractivity contribution in [3.8, 4) is 0 Å². The summed E-state index contributed by atoms with van der Waals surface area (Å²) in [5.41, 5.74) is 1.81. The van der Waals surface area contributed by atoms with Crippen LogP contribution in [0, 0.1) is 34.5 Å². The molecule has 2 nitrogen and oxygen atoms in total. The molecular weight excluding hydrogens is 304 g/mol. The standard InChI is InChI=1S/C20H30O2S/c1-12-7-16-14-4-3-13-8-17(21)18(22)10-20(13,11-23)15(14)5-6-19(16,2)9-12/h8,12,14-16,18,22-23H,3-7,9-11H2,1-2H3/t12?,14-,15-,16+,18?,19-,20-/m1/s1. The molecule has 3 saturated carbocycles. The van der Waals surface area contributed by atoms with Crippen LogP contribution in [0.2, 0.25) is 0 Å². The minimum atomic E-state index is -0.805. The number of carbonyl (C=O) groups excluding carboxylic acids is 1. The van der Waals surface area contributed by atoms with E-state index < -0.39 is 6.10 Å². The maximum atomic E-state index is 12.0. The molecular formula is C20H30O2S. The SMILES string of the molecule is CC1C[C@H]2[C@@H]3CCC4=CC(=O)C(O)C[C@]4(CS)[C@@H]3CC[C@]2(C)C1. The van der Waals surface area contributed by atoms with E-state index >= 15 is 0 Å². The number of ketones is 1. The van der Waals surface area contributed by atoms with Crippen LogP contribution < -0.4 is 0 Å². The van der Waals surface area contributed by atoms with Crippen molar-refractivity contribution in [2.24, 2.45) is 34.5 Å². The van der Waals surface area contributed by atoms with E-state index in [2.05, 4.69) is 13.8 Å². The van der Waals surface area contributed by atoms with Crippen LogP contribution in [-0.2, 0) is 4.79 Å². The van der Waals surface area contributed by atoms with Crippen molar-refractivity contribution in [3.63, 3.8) is 0 Å². The Balaban J connectivity index is 1.72. The molecule has 3 fully saturated rings. The molecule has 4 rings (SSSR count). The van der Waals surface area contributed by atoms with E-state index in [9.17, 15) is 9.90 Å². The molecule has 0 aromatic heterocycles. The Kier molecular flexibility index (Phi) is 3.77. The van der Waals surface area contributed by atoms with Gasteiger partial charge in [-0.1, -0.05) is 19.4 Å². The molecule has 0 heterocycles. The highest BCUT2D eigenvalue weighted by atomic mass is 32.1. The lowest BCUT2D eigenvalue weighted by Crippen LogP contribution is -2.53. The van der Waals surface area contributed by atoms with Gasteiger partial charge in [-0.05, 0) is 80.1 Å². The fraction of sp³-hybridized carbons (Fsp3) is 0.850. The van der Waals surface area contributed by atoms with Crippen LogP contribution in [-0.4, -0.2) is 22.7 Å². The van der Waals surface area contributed by atoms with Gasteiger partial charge >= 0.3 is 0 Å². The average molecular weight is 335 g/mol. The van der Waals surface area contributed by atoms with Crippen LogP contribution in [0.1, 0.15) is 58.8 Å². The third-order valence-corrected chi connectivity index (χ3v) is 8.57. The third-order valence-electron chi connectivity index (χ3n) is 8.01. The molecule has 0 aromatic carbocycles. The first-order valence-corrected chi connectivity index (χ1v) is 10.1. The summed E-state index contributed by atoms with van der Waals surface area (Å²) in [7, 11) is 0. The first-order chi connectivity index (χ1) is 10.9. The van der Waals surface area contributed by atoms with Crippen LogP contribution in [0.25, 0.3) is 0 Å². The highest BCUT2D eigenvalue weighted by Gasteiger charge is 2.59. The molecule has 0 saturated heterocycles. The summed E-state index contributed by atoms with van der Waals surface area (Å²) < 4.78 is 0. The molecule has 4 aliphatic rings. The van der Waals surface area contributed by atoms with Crippen LogP contribution >= 0.6 is 12.6 Å². The van der Waals surface area contributed by atoms with Crippen molar-refractivity contribution < 1.29 is 9.90 Å². The summed E-state index contributed by atoms with van der Waals surface area (Å²) in [6.45, 7) is 4.94. The van der Waals surface area contributed by atoms with Crippen molar-refractivity contribution in [1.29, 1.82) is 0 Å². The number of hydrogen-bond donors (Lipinski definition) is 2. The zero-order valence-electron chi connectivity index (χ0n) is 14.4. The highest BCUT2D eigenvalue weighted by molar-refractivity contribution is 7.80. The van der Waals surface area contributed by atoms with E-state index in [4.69, 9.17) is 12.6 Å². The largest absolute Gasteiger partial charge is 0.385 e. The fourth-order valence-corrected chi connectivity index (χ4v) is 7.67. The van der Waals surface area contributed by atoms with Crippen molar-refractivity contribution in [3.05, 3.63) is 11.6 Å². The van der Waals surface area contributed by atoms with Crippen LogP contribution in [0.15, 0.2) is 11.6 Å². The first kappa shape index (κ1) is 16.2. The number of aliphatic hydroxyl groups is 1. The van der Waals surface area contributed by atoms with Gasteiger partial charge in [-0.2, -0.15) is 12.6 Å². The van der Waals surface area contributed by atoms with Gasteiger partial charge < -0.3 is 5.11 Å². The lowest BCUT2D eigenvalue weighted by molar-refractivity contribution is -0.127. The molecule has 7 atom stereocenters. The van der Waals surface area contributed by atoms with E-state index in [1.807, 2.05) is 0 Å². The summed E-state index contributed by atoms with van der Waals surface area (Å²) in [5, 5.41) is 10.3. The molecule has 2 unspecified atom stereocenters. The molecule has 128 valence electrons. The van der Waals surface area contributed by atoms with Gasteiger partial charge in [0.2, 0.25) is 0 Å². The van der Waals surface area contributed by atoms with E-state index in [1.54, 1.807) is 6.08 Å². The topological polar surface area (TPSA) is 37.3 Å². The van der Waals surface area contributed by atoms with Crippen LogP contribution in [0.5, 0.6) is 0 Å². The second-order valence-electron chi connectivity index (χ2n) is 9.26. The Hall–Kier alpha value is -0.280. The van der Waals surface area contributed by atoms with E-state index in [0.29, 0.717) is 17.8 Å². The molecule has 0 spiro atoms. The molecule has 0 amide bonds. The third kappa shape index (κ3) is 2.22. The number of hydrogen-bond acceptors (Lipinski definition) is 3. The molecule has 0 aliphatic heterocycles. The minimum Gasteiger partial charge on any atom is -0.385 e. The van der Waals surface area contributed by atoms with Crippen molar-refractivity contribution in [2.45, 2.75) is 64.9 Å². The van der Waals surface area contributed by atoms with E-state index in [0.717, 1.165) is 29.9 Å². The van der Waals surface area contributed by atoms with Gasteiger partial charge in [0.1, 0.15) is 6.10 Å². The normalized spacial score (nSPS) is 52.4. The molecule has 0 bridgehead atoms. The zero-order chi connectivity index (χ0) is 16.4. The molecule has 0 radical (unpaired) electrons. The molecule has 1 N–H and O–H groups in total. The zero-order valence-corrected chi connectivity index (χ0v) is 15.3. The smallest absolute Gasteiger partial charge is 0.184 e. The quantitative estimate of drug-likeness (QED) is 0.710. The number of carbonyl (C=O) groups is 1. The predicted octanol–water partition coefficient (Wildman–Crippen LogP) is 4.04. The lowest BCUT2D eigenvalue weighted by Gasteiger charge is -2.58. The summed E-state index contributed by atoms with van der Waals surface area (Å²) in [4.78, 5) is 12.0. The molecule has 23 heavy (non-hydrogen) atoms. The summed E-state index contributed by atoms with van der Waals surface area (Å²) in [6.07, 6.45) is 9.20. The van der Waals surface area contributed by atoms with Gasteiger partial charge in [-0.25, -0.2) is 0 Å². The van der Waals surface area contributed by atoms with Gasteiger partial charge in [-0.15, -0.1) is 0 Å². The molecule has 4 aliphatic carbocycles. The Morgan fingerprint density at radius 3 is 2.83 bits per heavy atom. The van der Waals surface area contributed by atoms with Crippen LogP contribution in [0.3, 0.4) is 0 Å². The van der Waals surface area contributed by atoms with Crippen LogP contribution in [0.4, 0.5) is 0 Å². The molecule has 3 heteroatoms. The number of rotatable bonds is 1. The Bertz CT molecular complexity index is 556. The van der Waals surface area contributed by atoms with E-state index in [-0.39, 0.29) is 11.2 Å². The second kappa shape index (κ2) is 5.36. The monoisotopic (exact) mass is 334 g/mol. The predicted molar refractivity (Wildman–Crippen MR) is 95.4 cm³/mol. The summed E-state index contributed by atoms with van der Waals surface area (Å²) in [5.74, 6) is 3.78. The maximum absolute atomic E-state index is 12.0. The Morgan fingerprint density at radius 2 is 2.09 bits per heavy atom. The summed E-state index contributed by atoms with van der Waals surface area (Å²) >= 11 is 4.74. The van der Waals surface area contributed by atoms with Gasteiger partial charge in [0.25, 0.3) is 0 Å². The van der Waals surface area contributed by atoms with Crippen molar-refractivity contribution in [1.82, 2.24) is 0 Å². The van der Waals surface area contributed by atoms with Gasteiger partial charge in [-0.3, -0.25) is 4.79 Å².